The summed E-state index contributed by atoms with van der Waals surface area (Å²) in [6.07, 6.45) is 1.22. The lowest BCUT2D eigenvalue weighted by atomic mass is 9.97. The molecule has 0 bridgehead atoms. The highest BCUT2D eigenvalue weighted by Crippen LogP contribution is 2.19. The van der Waals surface area contributed by atoms with E-state index in [4.69, 9.17) is 4.74 Å². The van der Waals surface area contributed by atoms with E-state index in [0.717, 1.165) is 18.4 Å². The van der Waals surface area contributed by atoms with Crippen LogP contribution in [0.2, 0.25) is 0 Å². The number of hydrogen-bond acceptors (Lipinski definition) is 4. The molecule has 0 aliphatic carbocycles. The van der Waals surface area contributed by atoms with Crippen molar-refractivity contribution >= 4 is 16.1 Å². The van der Waals surface area contributed by atoms with Gasteiger partial charge < -0.3 is 9.64 Å². The van der Waals surface area contributed by atoms with Gasteiger partial charge in [0, 0.05) is 19.6 Å². The molecule has 7 heteroatoms. The summed E-state index contributed by atoms with van der Waals surface area (Å²) in [6, 6.07) is 7.01. The lowest BCUT2D eigenvalue weighted by molar-refractivity contribution is 0.106. The third-order valence-corrected chi connectivity index (χ3v) is 5.91. The van der Waals surface area contributed by atoms with Gasteiger partial charge in [0.15, 0.2) is 0 Å². The van der Waals surface area contributed by atoms with E-state index in [9.17, 15) is 13.2 Å². The molecule has 1 aliphatic rings. The van der Waals surface area contributed by atoms with Gasteiger partial charge in [-0.1, -0.05) is 26.0 Å². The Balaban J connectivity index is 1.88. The Morgan fingerprint density at radius 3 is 2.33 bits per heavy atom. The normalized spacial score (nSPS) is 16.4. The average Bonchev–Trinajstić information content (AvgIpc) is 2.60. The fourth-order valence-electron chi connectivity index (χ4n) is 2.79. The predicted molar refractivity (Wildman–Crippen MR) is 92.4 cm³/mol. The maximum absolute atomic E-state index is 12.4. The van der Waals surface area contributed by atoms with Gasteiger partial charge in [0.1, 0.15) is 0 Å². The SMILES string of the molecule is COC(=O)N1CCC(CNS(=O)(=O)c2ccc(C(C)C)cc2)CC1. The van der Waals surface area contributed by atoms with Crippen LogP contribution >= 0.6 is 0 Å². The lowest BCUT2D eigenvalue weighted by Gasteiger charge is -2.30. The molecule has 0 unspecified atom stereocenters. The van der Waals surface area contributed by atoms with E-state index in [0.29, 0.717) is 30.4 Å². The Hall–Kier alpha value is -1.60. The van der Waals surface area contributed by atoms with Crippen LogP contribution in [-0.2, 0) is 14.8 Å². The van der Waals surface area contributed by atoms with Crippen LogP contribution in [0.25, 0.3) is 0 Å². The third kappa shape index (κ3) is 4.70. The van der Waals surface area contributed by atoms with Gasteiger partial charge in [0.25, 0.3) is 0 Å². The van der Waals surface area contributed by atoms with Gasteiger partial charge in [-0.15, -0.1) is 0 Å². The summed E-state index contributed by atoms with van der Waals surface area (Å²) in [5.74, 6) is 0.602. The van der Waals surface area contributed by atoms with Crippen molar-refractivity contribution in [2.45, 2.75) is 37.5 Å². The number of hydrogen-bond donors (Lipinski definition) is 1. The minimum absolute atomic E-state index is 0.232. The van der Waals surface area contributed by atoms with Gasteiger partial charge in [0.2, 0.25) is 10.0 Å². The van der Waals surface area contributed by atoms with Crippen LogP contribution in [0.4, 0.5) is 4.79 Å². The Bertz CT molecular complexity index is 648. The molecule has 134 valence electrons. The summed E-state index contributed by atoms with van der Waals surface area (Å²) in [5.41, 5.74) is 1.11. The van der Waals surface area contributed by atoms with E-state index in [1.807, 2.05) is 12.1 Å². The van der Waals surface area contributed by atoms with Crippen LogP contribution in [0.3, 0.4) is 0 Å². The molecular weight excluding hydrogens is 328 g/mol. The van der Waals surface area contributed by atoms with Crippen LogP contribution < -0.4 is 4.72 Å². The maximum Gasteiger partial charge on any atom is 0.409 e. The van der Waals surface area contributed by atoms with Gasteiger partial charge in [-0.2, -0.15) is 0 Å². The number of methoxy groups -OCH3 is 1. The fraction of sp³-hybridized carbons (Fsp3) is 0.588. The van der Waals surface area contributed by atoms with E-state index in [1.165, 1.54) is 7.11 Å². The van der Waals surface area contributed by atoms with Crippen molar-refractivity contribution in [3.63, 3.8) is 0 Å². The van der Waals surface area contributed by atoms with Crippen LogP contribution in [0, 0.1) is 5.92 Å². The molecule has 6 nitrogen and oxygen atoms in total. The number of likely N-dealkylation sites (tertiary alicyclic amines) is 1. The Morgan fingerprint density at radius 2 is 1.83 bits per heavy atom. The van der Waals surface area contributed by atoms with Crippen molar-refractivity contribution in [3.05, 3.63) is 29.8 Å². The molecule has 1 aliphatic heterocycles. The number of nitrogens with zero attached hydrogens (tertiary/aromatic N) is 1. The highest BCUT2D eigenvalue weighted by atomic mass is 32.2. The first-order chi connectivity index (χ1) is 11.3. The topological polar surface area (TPSA) is 75.7 Å². The van der Waals surface area contributed by atoms with Crippen molar-refractivity contribution in [3.8, 4) is 0 Å². The smallest absolute Gasteiger partial charge is 0.409 e. The predicted octanol–water partition coefficient (Wildman–Crippen LogP) is 2.57. The molecule has 1 fully saturated rings. The number of sulfonamides is 1. The molecule has 0 aromatic heterocycles. The zero-order valence-electron chi connectivity index (χ0n) is 14.5. The lowest BCUT2D eigenvalue weighted by Crippen LogP contribution is -2.41. The maximum atomic E-state index is 12.4. The molecule has 0 saturated carbocycles. The number of rotatable bonds is 5. The van der Waals surface area contributed by atoms with Crippen molar-refractivity contribution in [2.75, 3.05) is 26.7 Å². The van der Waals surface area contributed by atoms with Gasteiger partial charge >= 0.3 is 6.09 Å². The highest BCUT2D eigenvalue weighted by molar-refractivity contribution is 7.89. The van der Waals surface area contributed by atoms with Gasteiger partial charge in [0.05, 0.1) is 12.0 Å². The van der Waals surface area contributed by atoms with Crippen LogP contribution in [0.1, 0.15) is 38.2 Å². The number of nitrogens with one attached hydrogen (secondary N) is 1. The zero-order valence-corrected chi connectivity index (χ0v) is 15.3. The minimum atomic E-state index is -3.49. The standard InChI is InChI=1S/C17H26N2O4S/c1-13(2)15-4-6-16(7-5-15)24(21,22)18-12-14-8-10-19(11-9-14)17(20)23-3/h4-7,13-14,18H,8-12H2,1-3H3. The number of benzene rings is 1. The molecule has 1 aromatic rings. The first-order valence-electron chi connectivity index (χ1n) is 8.26. The first-order valence-corrected chi connectivity index (χ1v) is 9.74. The number of amides is 1. The van der Waals surface area contributed by atoms with E-state index in [-0.39, 0.29) is 12.0 Å². The molecule has 0 spiro atoms. The summed E-state index contributed by atoms with van der Waals surface area (Å²) >= 11 is 0. The van der Waals surface area contributed by atoms with Gasteiger partial charge in [-0.25, -0.2) is 17.9 Å². The summed E-state index contributed by atoms with van der Waals surface area (Å²) in [4.78, 5) is 13.4. The van der Waals surface area contributed by atoms with Crippen LogP contribution in [0.15, 0.2) is 29.2 Å². The molecule has 2 rings (SSSR count). The first kappa shape index (κ1) is 18.7. The van der Waals surface area contributed by atoms with Gasteiger partial charge in [-0.3, -0.25) is 0 Å². The quantitative estimate of drug-likeness (QED) is 0.882. The second-order valence-corrected chi connectivity index (χ2v) is 8.24. The Kier molecular flexibility index (Phi) is 6.23. The number of piperidine rings is 1. The second-order valence-electron chi connectivity index (χ2n) is 6.48. The summed E-state index contributed by atoms with van der Waals surface area (Å²) in [6.45, 7) is 5.73. The molecule has 1 saturated heterocycles. The fourth-order valence-corrected chi connectivity index (χ4v) is 3.91. The van der Waals surface area contributed by atoms with E-state index in [2.05, 4.69) is 18.6 Å². The van der Waals surface area contributed by atoms with Crippen LogP contribution in [0.5, 0.6) is 0 Å². The largest absolute Gasteiger partial charge is 0.453 e. The van der Waals surface area contributed by atoms with E-state index >= 15 is 0 Å². The van der Waals surface area contributed by atoms with Gasteiger partial charge in [-0.05, 0) is 42.4 Å². The summed E-state index contributed by atoms with van der Waals surface area (Å²) < 4.78 is 32.1. The van der Waals surface area contributed by atoms with Crippen molar-refractivity contribution in [1.29, 1.82) is 0 Å². The second kappa shape index (κ2) is 7.98. The van der Waals surface area contributed by atoms with Crippen molar-refractivity contribution < 1.29 is 17.9 Å². The van der Waals surface area contributed by atoms with Crippen molar-refractivity contribution in [2.24, 2.45) is 5.92 Å². The highest BCUT2D eigenvalue weighted by Gasteiger charge is 2.24. The molecule has 0 radical (unpaired) electrons. The monoisotopic (exact) mass is 354 g/mol. The Labute approximate surface area is 144 Å². The average molecular weight is 354 g/mol. The Morgan fingerprint density at radius 1 is 1.25 bits per heavy atom. The minimum Gasteiger partial charge on any atom is -0.453 e. The summed E-state index contributed by atoms with van der Waals surface area (Å²) in [7, 11) is -2.12. The van der Waals surface area contributed by atoms with E-state index in [1.54, 1.807) is 17.0 Å². The van der Waals surface area contributed by atoms with Crippen LogP contribution in [-0.4, -0.2) is 46.2 Å². The molecular formula is C17H26N2O4S. The zero-order chi connectivity index (χ0) is 17.7. The third-order valence-electron chi connectivity index (χ3n) is 4.47. The molecule has 1 aromatic carbocycles. The number of carbonyl (C=O) groups excluding carboxylic acids is 1. The van der Waals surface area contributed by atoms with Crippen molar-refractivity contribution in [1.82, 2.24) is 9.62 Å². The number of ether oxygens (including phenoxy) is 1. The molecule has 1 N–H and O–H groups in total. The summed E-state index contributed by atoms with van der Waals surface area (Å²) in [5, 5.41) is 0. The number of carbonyl (C=O) groups is 1. The molecule has 24 heavy (non-hydrogen) atoms. The molecule has 0 atom stereocenters. The molecule has 1 amide bonds. The molecule has 1 heterocycles. The van der Waals surface area contributed by atoms with E-state index < -0.39 is 10.0 Å².